The molecule has 0 aliphatic carbocycles. The Hall–Kier alpha value is -3.25. The second kappa shape index (κ2) is 8.63. The van der Waals surface area contributed by atoms with Gasteiger partial charge in [0.15, 0.2) is 0 Å². The Labute approximate surface area is 180 Å². The lowest BCUT2D eigenvalue weighted by Gasteiger charge is -2.24. The van der Waals surface area contributed by atoms with Crippen LogP contribution in [0.3, 0.4) is 0 Å². The van der Waals surface area contributed by atoms with Crippen LogP contribution >= 0.6 is 11.8 Å². The van der Waals surface area contributed by atoms with Crippen molar-refractivity contribution in [1.29, 1.82) is 0 Å². The first kappa shape index (κ1) is 20.0. The zero-order valence-electron chi connectivity index (χ0n) is 16.7. The van der Waals surface area contributed by atoms with Crippen LogP contribution in [0.2, 0.25) is 0 Å². The summed E-state index contributed by atoms with van der Waals surface area (Å²) in [5.74, 6) is 1.48. The third kappa shape index (κ3) is 4.33. The molecule has 6 heteroatoms. The van der Waals surface area contributed by atoms with Gasteiger partial charge in [0, 0.05) is 18.3 Å². The van der Waals surface area contributed by atoms with Crippen molar-refractivity contribution in [1.82, 2.24) is 0 Å². The molecule has 1 N–H and O–H groups in total. The number of carbonyl (C=O) groups excluding carboxylic acids is 2. The Bertz CT molecular complexity index is 1040. The first-order valence-corrected chi connectivity index (χ1v) is 10.6. The fourth-order valence-corrected chi connectivity index (χ4v) is 4.63. The molecule has 2 atom stereocenters. The van der Waals surface area contributed by atoms with E-state index < -0.39 is 0 Å². The standard InChI is InChI=1S/C24H22N2O3S/c1-16-23(28)26(20-12-10-19(11-13-20)25-17(2)27)24(30-16)18-8-14-22(15-9-18)29-21-6-4-3-5-7-21/h3-16,24H,1-2H3,(H,25,27)/t16-,24+/m1/s1. The minimum atomic E-state index is -0.134. The largest absolute Gasteiger partial charge is 0.457 e. The molecule has 4 rings (SSSR count). The van der Waals surface area contributed by atoms with Gasteiger partial charge in [-0.2, -0.15) is 0 Å². The molecule has 1 heterocycles. The molecular weight excluding hydrogens is 396 g/mol. The lowest BCUT2D eigenvalue weighted by Crippen LogP contribution is -2.30. The number of amides is 2. The van der Waals surface area contributed by atoms with Gasteiger partial charge < -0.3 is 10.1 Å². The molecule has 3 aromatic carbocycles. The molecule has 2 amide bonds. The molecule has 5 nitrogen and oxygen atoms in total. The Kier molecular flexibility index (Phi) is 5.77. The van der Waals surface area contributed by atoms with Crippen LogP contribution in [-0.2, 0) is 9.59 Å². The number of hydrogen-bond donors (Lipinski definition) is 1. The Morgan fingerprint density at radius 2 is 1.57 bits per heavy atom. The molecule has 3 aromatic rings. The third-order valence-electron chi connectivity index (χ3n) is 4.76. The lowest BCUT2D eigenvalue weighted by atomic mass is 10.1. The quantitative estimate of drug-likeness (QED) is 0.586. The van der Waals surface area contributed by atoms with Crippen molar-refractivity contribution < 1.29 is 14.3 Å². The van der Waals surface area contributed by atoms with E-state index in [2.05, 4.69) is 5.32 Å². The highest BCUT2D eigenvalue weighted by Gasteiger charge is 2.39. The number of nitrogens with one attached hydrogen (secondary N) is 1. The van der Waals surface area contributed by atoms with Crippen molar-refractivity contribution in [3.05, 3.63) is 84.4 Å². The number of anilines is 2. The van der Waals surface area contributed by atoms with E-state index in [1.165, 1.54) is 6.92 Å². The van der Waals surface area contributed by atoms with E-state index >= 15 is 0 Å². The topological polar surface area (TPSA) is 58.6 Å². The summed E-state index contributed by atoms with van der Waals surface area (Å²) in [4.78, 5) is 25.9. The fourth-order valence-electron chi connectivity index (χ4n) is 3.35. The molecule has 1 fully saturated rings. The molecule has 0 bridgehead atoms. The average Bonchev–Trinajstić information content (AvgIpc) is 3.04. The number of benzene rings is 3. The van der Waals surface area contributed by atoms with Crippen molar-refractivity contribution in [3.63, 3.8) is 0 Å². The van der Waals surface area contributed by atoms with Crippen LogP contribution in [0, 0.1) is 0 Å². The molecule has 0 spiro atoms. The third-order valence-corrected chi connectivity index (χ3v) is 6.11. The fraction of sp³-hybridized carbons (Fsp3) is 0.167. The zero-order valence-corrected chi connectivity index (χ0v) is 17.6. The van der Waals surface area contributed by atoms with E-state index in [0.717, 1.165) is 22.7 Å². The maximum Gasteiger partial charge on any atom is 0.241 e. The van der Waals surface area contributed by atoms with Crippen LogP contribution < -0.4 is 15.0 Å². The van der Waals surface area contributed by atoms with Gasteiger partial charge in [-0.15, -0.1) is 11.8 Å². The van der Waals surface area contributed by atoms with E-state index in [4.69, 9.17) is 4.74 Å². The summed E-state index contributed by atoms with van der Waals surface area (Å²) in [6.45, 7) is 3.40. The van der Waals surface area contributed by atoms with Crippen molar-refractivity contribution in [2.45, 2.75) is 24.5 Å². The van der Waals surface area contributed by atoms with E-state index in [1.807, 2.05) is 90.7 Å². The number of nitrogens with zero attached hydrogens (tertiary/aromatic N) is 1. The van der Waals surface area contributed by atoms with Crippen LogP contribution in [0.4, 0.5) is 11.4 Å². The molecule has 1 aliphatic rings. The summed E-state index contributed by atoms with van der Waals surface area (Å²) in [5, 5.41) is 2.50. The van der Waals surface area contributed by atoms with E-state index in [9.17, 15) is 9.59 Å². The molecule has 0 aromatic heterocycles. The maximum absolute atomic E-state index is 12.9. The van der Waals surface area contributed by atoms with Crippen LogP contribution in [0.5, 0.6) is 11.5 Å². The van der Waals surface area contributed by atoms with Crippen molar-refractivity contribution in [2.24, 2.45) is 0 Å². The first-order chi connectivity index (χ1) is 14.5. The zero-order chi connectivity index (χ0) is 21.1. The van der Waals surface area contributed by atoms with Gasteiger partial charge in [-0.3, -0.25) is 14.5 Å². The molecule has 152 valence electrons. The highest BCUT2D eigenvalue weighted by atomic mass is 32.2. The number of thioether (sulfide) groups is 1. The van der Waals surface area contributed by atoms with Gasteiger partial charge in [0.1, 0.15) is 16.9 Å². The van der Waals surface area contributed by atoms with Crippen LogP contribution in [0.15, 0.2) is 78.9 Å². The highest BCUT2D eigenvalue weighted by Crippen LogP contribution is 2.45. The smallest absolute Gasteiger partial charge is 0.241 e. The Morgan fingerprint density at radius 1 is 0.933 bits per heavy atom. The second-order valence-electron chi connectivity index (χ2n) is 7.05. The second-order valence-corrected chi connectivity index (χ2v) is 8.48. The van der Waals surface area contributed by atoms with E-state index in [1.54, 1.807) is 11.8 Å². The van der Waals surface area contributed by atoms with Crippen LogP contribution in [0.1, 0.15) is 24.8 Å². The summed E-state index contributed by atoms with van der Waals surface area (Å²) >= 11 is 1.62. The van der Waals surface area contributed by atoms with Gasteiger partial charge in [-0.25, -0.2) is 0 Å². The Balaban J connectivity index is 1.56. The molecule has 30 heavy (non-hydrogen) atoms. The monoisotopic (exact) mass is 418 g/mol. The first-order valence-electron chi connectivity index (χ1n) is 9.70. The van der Waals surface area contributed by atoms with Gasteiger partial charge in [0.05, 0.1) is 5.25 Å². The lowest BCUT2D eigenvalue weighted by molar-refractivity contribution is -0.117. The molecule has 0 radical (unpaired) electrons. The summed E-state index contributed by atoms with van der Waals surface area (Å²) < 4.78 is 5.87. The molecular formula is C24H22N2O3S. The average molecular weight is 419 g/mol. The number of carbonyl (C=O) groups is 2. The molecule has 1 saturated heterocycles. The van der Waals surface area contributed by atoms with Crippen molar-refractivity contribution in [2.75, 3.05) is 10.2 Å². The predicted octanol–water partition coefficient (Wildman–Crippen LogP) is 5.60. The van der Waals surface area contributed by atoms with E-state index in [-0.39, 0.29) is 22.4 Å². The van der Waals surface area contributed by atoms with Crippen molar-refractivity contribution >= 4 is 35.0 Å². The van der Waals surface area contributed by atoms with Gasteiger partial charge in [0.2, 0.25) is 11.8 Å². The molecule has 0 unspecified atom stereocenters. The summed E-state index contributed by atoms with van der Waals surface area (Å²) in [7, 11) is 0. The number of hydrogen-bond acceptors (Lipinski definition) is 4. The van der Waals surface area contributed by atoms with Crippen LogP contribution in [-0.4, -0.2) is 17.1 Å². The summed E-state index contributed by atoms with van der Waals surface area (Å²) in [6, 6.07) is 24.8. The number of rotatable bonds is 5. The van der Waals surface area contributed by atoms with Gasteiger partial charge >= 0.3 is 0 Å². The maximum atomic E-state index is 12.9. The van der Waals surface area contributed by atoms with Gasteiger partial charge in [-0.1, -0.05) is 30.3 Å². The number of ether oxygens (including phenoxy) is 1. The van der Waals surface area contributed by atoms with Crippen LogP contribution in [0.25, 0.3) is 0 Å². The SMILES string of the molecule is CC(=O)Nc1ccc(N2C(=O)[C@@H](C)S[C@H]2c2ccc(Oc3ccccc3)cc2)cc1. The summed E-state index contributed by atoms with van der Waals surface area (Å²) in [6.07, 6.45) is 0. The Morgan fingerprint density at radius 3 is 2.20 bits per heavy atom. The number of para-hydroxylation sites is 1. The predicted molar refractivity (Wildman–Crippen MR) is 121 cm³/mol. The van der Waals surface area contributed by atoms with Gasteiger partial charge in [0.25, 0.3) is 0 Å². The van der Waals surface area contributed by atoms with Crippen molar-refractivity contribution in [3.8, 4) is 11.5 Å². The highest BCUT2D eigenvalue weighted by molar-refractivity contribution is 8.01. The molecule has 1 aliphatic heterocycles. The summed E-state index contributed by atoms with van der Waals surface area (Å²) in [5.41, 5.74) is 2.54. The van der Waals surface area contributed by atoms with E-state index in [0.29, 0.717) is 5.69 Å². The molecule has 0 saturated carbocycles. The van der Waals surface area contributed by atoms with Gasteiger partial charge in [-0.05, 0) is 61.0 Å². The minimum absolute atomic E-state index is 0.0712. The minimum Gasteiger partial charge on any atom is -0.457 e. The normalized spacial score (nSPS) is 18.3.